The molecular weight excluding hydrogens is 316 g/mol. The van der Waals surface area contributed by atoms with Gasteiger partial charge in [-0.2, -0.15) is 0 Å². The van der Waals surface area contributed by atoms with Gasteiger partial charge in [0, 0.05) is 17.5 Å². The number of aryl methyl sites for hydroxylation is 1. The summed E-state index contributed by atoms with van der Waals surface area (Å²) in [5, 5.41) is 0.857. The van der Waals surface area contributed by atoms with E-state index in [1.165, 1.54) is 29.5 Å². The summed E-state index contributed by atoms with van der Waals surface area (Å²) in [5.74, 6) is 1.00. The smallest absolute Gasteiger partial charge is 0.0441 e. The summed E-state index contributed by atoms with van der Waals surface area (Å²) in [6.07, 6.45) is 2.39. The lowest BCUT2D eigenvalue weighted by atomic mass is 9.80. The number of piperidine rings is 1. The Balaban J connectivity index is 1.59. The van der Waals surface area contributed by atoms with E-state index >= 15 is 0 Å². The SMILES string of the molecule is Cc1ccc(CN2CCC(C(CN)c3ccccc3Cl)CC2)cc1. The first kappa shape index (κ1) is 17.5. The second-order valence-electron chi connectivity index (χ2n) is 6.96. The number of hydrogen-bond donors (Lipinski definition) is 1. The van der Waals surface area contributed by atoms with Crippen molar-refractivity contribution in [2.45, 2.75) is 32.2 Å². The molecule has 1 unspecified atom stereocenters. The predicted molar refractivity (Wildman–Crippen MR) is 102 cm³/mol. The van der Waals surface area contributed by atoms with Crippen molar-refractivity contribution in [1.29, 1.82) is 0 Å². The van der Waals surface area contributed by atoms with Crippen LogP contribution in [0.15, 0.2) is 48.5 Å². The summed E-state index contributed by atoms with van der Waals surface area (Å²) in [7, 11) is 0. The first-order valence-electron chi connectivity index (χ1n) is 8.89. The zero-order valence-electron chi connectivity index (χ0n) is 14.4. The molecule has 3 heteroatoms. The summed E-state index contributed by atoms with van der Waals surface area (Å²) < 4.78 is 0. The van der Waals surface area contributed by atoms with Gasteiger partial charge in [0.25, 0.3) is 0 Å². The van der Waals surface area contributed by atoms with E-state index in [-0.39, 0.29) is 0 Å². The molecule has 0 bridgehead atoms. The summed E-state index contributed by atoms with van der Waals surface area (Å²) >= 11 is 6.40. The van der Waals surface area contributed by atoms with Crippen molar-refractivity contribution in [2.24, 2.45) is 11.7 Å². The van der Waals surface area contributed by atoms with Crippen LogP contribution in [0, 0.1) is 12.8 Å². The molecule has 0 aliphatic carbocycles. The molecule has 1 fully saturated rings. The van der Waals surface area contributed by atoms with Crippen LogP contribution in [0.4, 0.5) is 0 Å². The highest BCUT2D eigenvalue weighted by Gasteiger charge is 2.27. The van der Waals surface area contributed by atoms with Gasteiger partial charge in [0.05, 0.1) is 0 Å². The van der Waals surface area contributed by atoms with E-state index < -0.39 is 0 Å². The first-order valence-corrected chi connectivity index (χ1v) is 9.27. The third-order valence-electron chi connectivity index (χ3n) is 5.29. The van der Waals surface area contributed by atoms with Crippen LogP contribution in [0.25, 0.3) is 0 Å². The molecule has 0 amide bonds. The van der Waals surface area contributed by atoms with Gasteiger partial charge in [-0.05, 0) is 62.5 Å². The summed E-state index contributed by atoms with van der Waals surface area (Å²) in [6.45, 7) is 6.13. The van der Waals surface area contributed by atoms with Gasteiger partial charge in [-0.3, -0.25) is 4.90 Å². The Hall–Kier alpha value is -1.35. The van der Waals surface area contributed by atoms with Crippen molar-refractivity contribution in [3.05, 3.63) is 70.2 Å². The van der Waals surface area contributed by atoms with E-state index in [1.807, 2.05) is 12.1 Å². The minimum atomic E-state index is 0.375. The van der Waals surface area contributed by atoms with E-state index in [0.29, 0.717) is 18.4 Å². The highest BCUT2D eigenvalue weighted by molar-refractivity contribution is 6.31. The Labute approximate surface area is 150 Å². The molecule has 1 heterocycles. The fourth-order valence-electron chi connectivity index (χ4n) is 3.81. The van der Waals surface area contributed by atoms with Gasteiger partial charge in [0.15, 0.2) is 0 Å². The normalized spacial score (nSPS) is 17.8. The van der Waals surface area contributed by atoms with Crippen LogP contribution in [-0.2, 0) is 6.54 Å². The first-order chi connectivity index (χ1) is 11.7. The maximum absolute atomic E-state index is 6.40. The molecule has 3 rings (SSSR count). The predicted octanol–water partition coefficient (Wildman–Crippen LogP) is 4.60. The Kier molecular flexibility index (Phi) is 5.94. The van der Waals surface area contributed by atoms with Gasteiger partial charge in [-0.25, -0.2) is 0 Å². The van der Waals surface area contributed by atoms with Crippen molar-refractivity contribution in [2.75, 3.05) is 19.6 Å². The molecule has 1 aliphatic heterocycles. The molecule has 2 N–H and O–H groups in total. The van der Waals surface area contributed by atoms with Crippen molar-refractivity contribution >= 4 is 11.6 Å². The molecule has 1 saturated heterocycles. The summed E-state index contributed by atoms with van der Waals surface area (Å²) in [4.78, 5) is 2.56. The molecule has 0 radical (unpaired) electrons. The number of rotatable bonds is 5. The third-order valence-corrected chi connectivity index (χ3v) is 5.63. The quantitative estimate of drug-likeness (QED) is 0.860. The van der Waals surface area contributed by atoms with Gasteiger partial charge >= 0.3 is 0 Å². The summed E-state index contributed by atoms with van der Waals surface area (Å²) in [6, 6.07) is 17.1. The Morgan fingerprint density at radius 1 is 1.08 bits per heavy atom. The molecule has 128 valence electrons. The molecule has 24 heavy (non-hydrogen) atoms. The molecule has 2 aromatic carbocycles. The van der Waals surface area contributed by atoms with Crippen molar-refractivity contribution in [3.63, 3.8) is 0 Å². The molecule has 2 aromatic rings. The van der Waals surface area contributed by atoms with Crippen LogP contribution in [0.1, 0.15) is 35.4 Å². The number of nitrogens with zero attached hydrogens (tertiary/aromatic N) is 1. The van der Waals surface area contributed by atoms with Crippen molar-refractivity contribution in [1.82, 2.24) is 4.90 Å². The van der Waals surface area contributed by atoms with Gasteiger partial charge < -0.3 is 5.73 Å². The van der Waals surface area contributed by atoms with Crippen LogP contribution >= 0.6 is 11.6 Å². The number of likely N-dealkylation sites (tertiary alicyclic amines) is 1. The number of hydrogen-bond acceptors (Lipinski definition) is 2. The number of halogens is 1. The number of nitrogens with two attached hydrogens (primary N) is 1. The number of benzene rings is 2. The molecule has 2 nitrogen and oxygen atoms in total. The highest BCUT2D eigenvalue weighted by Crippen LogP contribution is 2.35. The Bertz CT molecular complexity index is 645. The molecule has 0 saturated carbocycles. The molecule has 1 aliphatic rings. The van der Waals surface area contributed by atoms with E-state index in [4.69, 9.17) is 17.3 Å². The molecule has 0 aromatic heterocycles. The summed E-state index contributed by atoms with van der Waals surface area (Å²) in [5.41, 5.74) is 10.1. The minimum Gasteiger partial charge on any atom is -0.330 e. The van der Waals surface area contributed by atoms with Crippen LogP contribution < -0.4 is 5.73 Å². The lowest BCUT2D eigenvalue weighted by molar-refractivity contribution is 0.163. The van der Waals surface area contributed by atoms with Gasteiger partial charge in [-0.15, -0.1) is 0 Å². The molecule has 1 atom stereocenters. The standard InChI is InChI=1S/C21H27ClN2/c1-16-6-8-17(9-7-16)15-24-12-10-18(11-13-24)20(14-23)19-4-2-3-5-21(19)22/h2-9,18,20H,10-15,23H2,1H3. The van der Waals surface area contributed by atoms with Crippen LogP contribution in [0.5, 0.6) is 0 Å². The second-order valence-corrected chi connectivity index (χ2v) is 7.37. The molecular formula is C21H27ClN2. The van der Waals surface area contributed by atoms with Crippen molar-refractivity contribution < 1.29 is 0 Å². The van der Waals surface area contributed by atoms with Gasteiger partial charge in [-0.1, -0.05) is 59.6 Å². The Morgan fingerprint density at radius 3 is 2.38 bits per heavy atom. The van der Waals surface area contributed by atoms with E-state index in [1.54, 1.807) is 0 Å². The fraction of sp³-hybridized carbons (Fsp3) is 0.429. The van der Waals surface area contributed by atoms with Crippen LogP contribution in [0.2, 0.25) is 5.02 Å². The third kappa shape index (κ3) is 4.18. The fourth-order valence-corrected chi connectivity index (χ4v) is 4.09. The van der Waals surface area contributed by atoms with Crippen molar-refractivity contribution in [3.8, 4) is 0 Å². The van der Waals surface area contributed by atoms with E-state index in [9.17, 15) is 0 Å². The second kappa shape index (κ2) is 8.15. The topological polar surface area (TPSA) is 29.3 Å². The Morgan fingerprint density at radius 2 is 1.75 bits per heavy atom. The molecule has 0 spiro atoms. The maximum Gasteiger partial charge on any atom is 0.0441 e. The lowest BCUT2D eigenvalue weighted by Gasteiger charge is -2.36. The lowest BCUT2D eigenvalue weighted by Crippen LogP contribution is -2.36. The minimum absolute atomic E-state index is 0.375. The van der Waals surface area contributed by atoms with Gasteiger partial charge in [0.2, 0.25) is 0 Å². The zero-order chi connectivity index (χ0) is 16.9. The van der Waals surface area contributed by atoms with Crippen LogP contribution in [0.3, 0.4) is 0 Å². The van der Waals surface area contributed by atoms with E-state index in [2.05, 4.69) is 48.2 Å². The largest absolute Gasteiger partial charge is 0.330 e. The average Bonchev–Trinajstić information content (AvgIpc) is 2.61. The van der Waals surface area contributed by atoms with Crippen LogP contribution in [-0.4, -0.2) is 24.5 Å². The van der Waals surface area contributed by atoms with Gasteiger partial charge in [0.1, 0.15) is 0 Å². The monoisotopic (exact) mass is 342 g/mol. The maximum atomic E-state index is 6.40. The van der Waals surface area contributed by atoms with E-state index in [0.717, 1.165) is 24.7 Å². The zero-order valence-corrected chi connectivity index (χ0v) is 15.2. The highest BCUT2D eigenvalue weighted by atomic mass is 35.5. The average molecular weight is 343 g/mol.